The molecule has 152 valence electrons. The molecule has 1 aromatic carbocycles. The summed E-state index contributed by atoms with van der Waals surface area (Å²) < 4.78 is 48.1. The lowest BCUT2D eigenvalue weighted by atomic mass is 9.98. The van der Waals surface area contributed by atoms with Crippen molar-refractivity contribution < 1.29 is 27.1 Å². The monoisotopic (exact) mass is 428 g/mol. The van der Waals surface area contributed by atoms with Gasteiger partial charge in [-0.25, -0.2) is 22.1 Å². The molecular weight excluding hydrogens is 407 g/mol. The molecule has 0 atom stereocenters. The summed E-state index contributed by atoms with van der Waals surface area (Å²) in [4.78, 5) is 16.6. The van der Waals surface area contributed by atoms with Gasteiger partial charge in [0.2, 0.25) is 10.0 Å². The molecule has 0 spiro atoms. The fourth-order valence-electron chi connectivity index (χ4n) is 2.84. The predicted octanol–water partition coefficient (Wildman–Crippen LogP) is 2.58. The van der Waals surface area contributed by atoms with Crippen LogP contribution in [0.25, 0.3) is 0 Å². The number of aromatic nitrogens is 1. The summed E-state index contributed by atoms with van der Waals surface area (Å²) >= 11 is 1.39. The molecule has 1 fully saturated rings. The summed E-state index contributed by atoms with van der Waals surface area (Å²) in [5.41, 5.74) is 0.629. The lowest BCUT2D eigenvalue weighted by Gasteiger charge is -2.28. The van der Waals surface area contributed by atoms with Crippen LogP contribution in [0.5, 0.6) is 5.75 Å². The van der Waals surface area contributed by atoms with E-state index >= 15 is 0 Å². The lowest BCUT2D eigenvalue weighted by Crippen LogP contribution is -2.40. The number of hydrogen-bond acceptors (Lipinski definition) is 7. The molecular formula is C18H21FN2O5S2. The van der Waals surface area contributed by atoms with Crippen LogP contribution in [-0.2, 0) is 32.8 Å². The number of ether oxygens (including phenoxy) is 2. The third kappa shape index (κ3) is 5.73. The van der Waals surface area contributed by atoms with Crippen molar-refractivity contribution in [3.63, 3.8) is 0 Å². The molecule has 7 nitrogen and oxygen atoms in total. The standard InChI is InChI=1S/C18H21FN2O5S2/c1-28(23,24)21-8-6-13(7-9-21)18(22)26-10-15-12-27-17(20-15)11-25-16-4-2-14(19)3-5-16/h2-5,12-13H,6-11H2,1H3. The maximum absolute atomic E-state index is 12.9. The van der Waals surface area contributed by atoms with E-state index in [1.54, 1.807) is 17.5 Å². The SMILES string of the molecule is CS(=O)(=O)N1CCC(C(=O)OCc2csc(COc3ccc(F)cc3)n2)CC1. The van der Waals surface area contributed by atoms with E-state index in [1.807, 2.05) is 0 Å². The van der Waals surface area contributed by atoms with Crippen molar-refractivity contribution in [1.29, 1.82) is 0 Å². The second-order valence-electron chi connectivity index (χ2n) is 6.52. The number of halogens is 1. The first-order valence-electron chi connectivity index (χ1n) is 8.74. The molecule has 0 N–H and O–H groups in total. The molecule has 0 saturated carbocycles. The van der Waals surface area contributed by atoms with Gasteiger partial charge < -0.3 is 9.47 Å². The van der Waals surface area contributed by atoms with Crippen molar-refractivity contribution in [2.45, 2.75) is 26.1 Å². The maximum Gasteiger partial charge on any atom is 0.309 e. The van der Waals surface area contributed by atoms with Crippen LogP contribution in [0.3, 0.4) is 0 Å². The summed E-state index contributed by atoms with van der Waals surface area (Å²) in [6, 6.07) is 5.73. The van der Waals surface area contributed by atoms with E-state index in [2.05, 4.69) is 4.98 Å². The maximum atomic E-state index is 12.9. The highest BCUT2D eigenvalue weighted by atomic mass is 32.2. The van der Waals surface area contributed by atoms with Gasteiger partial charge in [0.25, 0.3) is 0 Å². The molecule has 10 heteroatoms. The molecule has 1 aliphatic heterocycles. The van der Waals surface area contributed by atoms with Crippen molar-refractivity contribution >= 4 is 27.3 Å². The number of benzene rings is 1. The number of sulfonamides is 1. The van der Waals surface area contributed by atoms with E-state index in [0.717, 1.165) is 5.01 Å². The van der Waals surface area contributed by atoms with Crippen LogP contribution in [0.2, 0.25) is 0 Å². The van der Waals surface area contributed by atoms with Crippen LogP contribution in [0.15, 0.2) is 29.6 Å². The molecule has 0 amide bonds. The molecule has 1 saturated heterocycles. The topological polar surface area (TPSA) is 85.8 Å². The minimum absolute atomic E-state index is 0.0676. The highest BCUT2D eigenvalue weighted by Gasteiger charge is 2.29. The second-order valence-corrected chi connectivity index (χ2v) is 9.44. The first-order chi connectivity index (χ1) is 13.3. The predicted molar refractivity (Wildman–Crippen MR) is 102 cm³/mol. The van der Waals surface area contributed by atoms with Crippen molar-refractivity contribution in [3.05, 3.63) is 46.2 Å². The first kappa shape index (κ1) is 20.7. The van der Waals surface area contributed by atoms with Gasteiger partial charge >= 0.3 is 5.97 Å². The van der Waals surface area contributed by atoms with E-state index in [0.29, 0.717) is 37.4 Å². The van der Waals surface area contributed by atoms with Gasteiger partial charge in [-0.05, 0) is 37.1 Å². The molecule has 2 heterocycles. The smallest absolute Gasteiger partial charge is 0.309 e. The summed E-state index contributed by atoms with van der Waals surface area (Å²) in [6.07, 6.45) is 2.09. The minimum atomic E-state index is -3.21. The highest BCUT2D eigenvalue weighted by molar-refractivity contribution is 7.88. The fraction of sp³-hybridized carbons (Fsp3) is 0.444. The molecule has 3 rings (SSSR count). The van der Waals surface area contributed by atoms with Crippen molar-refractivity contribution in [2.75, 3.05) is 19.3 Å². The summed E-state index contributed by atoms with van der Waals surface area (Å²) in [5, 5.41) is 2.51. The van der Waals surface area contributed by atoms with Gasteiger partial charge in [-0.15, -0.1) is 11.3 Å². The van der Waals surface area contributed by atoms with Crippen molar-refractivity contribution in [2.24, 2.45) is 5.92 Å². The number of rotatable bonds is 7. The Labute approximate surface area is 167 Å². The Morgan fingerprint density at radius 2 is 1.93 bits per heavy atom. The summed E-state index contributed by atoms with van der Waals surface area (Å²) in [5.74, 6) is -0.402. The zero-order valence-corrected chi connectivity index (χ0v) is 17.0. The lowest BCUT2D eigenvalue weighted by molar-refractivity contribution is -0.151. The van der Waals surface area contributed by atoms with Crippen LogP contribution in [0.1, 0.15) is 23.5 Å². The van der Waals surface area contributed by atoms with Gasteiger partial charge in [0, 0.05) is 18.5 Å². The van der Waals surface area contributed by atoms with Gasteiger partial charge in [-0.2, -0.15) is 0 Å². The Kier molecular flexibility index (Phi) is 6.63. The van der Waals surface area contributed by atoms with Crippen LogP contribution in [-0.4, -0.2) is 43.0 Å². The Bertz CT molecular complexity index is 906. The molecule has 0 bridgehead atoms. The number of carbonyl (C=O) groups excluding carboxylic acids is 1. The number of nitrogens with zero attached hydrogens (tertiary/aromatic N) is 2. The average Bonchev–Trinajstić information content (AvgIpc) is 3.13. The van der Waals surface area contributed by atoms with Crippen molar-refractivity contribution in [1.82, 2.24) is 9.29 Å². The van der Waals surface area contributed by atoms with Gasteiger partial charge in [-0.1, -0.05) is 0 Å². The normalized spacial score (nSPS) is 16.1. The third-order valence-corrected chi connectivity index (χ3v) is 6.57. The van der Waals surface area contributed by atoms with Crippen LogP contribution in [0.4, 0.5) is 4.39 Å². The van der Waals surface area contributed by atoms with E-state index in [1.165, 1.54) is 34.0 Å². The molecule has 0 radical (unpaired) electrons. The highest BCUT2D eigenvalue weighted by Crippen LogP contribution is 2.21. The Hall–Kier alpha value is -2.04. The van der Waals surface area contributed by atoms with E-state index < -0.39 is 10.0 Å². The number of piperidine rings is 1. The molecule has 28 heavy (non-hydrogen) atoms. The van der Waals surface area contributed by atoms with E-state index in [4.69, 9.17) is 9.47 Å². The second kappa shape index (κ2) is 8.97. The van der Waals surface area contributed by atoms with E-state index in [-0.39, 0.29) is 30.9 Å². The third-order valence-electron chi connectivity index (χ3n) is 4.39. The molecule has 1 aromatic heterocycles. The Morgan fingerprint density at radius 1 is 1.25 bits per heavy atom. The van der Waals surface area contributed by atoms with Gasteiger partial charge in [0.15, 0.2) is 0 Å². The van der Waals surface area contributed by atoms with Crippen LogP contribution < -0.4 is 4.74 Å². The molecule has 2 aromatic rings. The molecule has 0 aliphatic carbocycles. The summed E-state index contributed by atoms with van der Waals surface area (Å²) in [7, 11) is -3.21. The first-order valence-corrected chi connectivity index (χ1v) is 11.5. The Balaban J connectivity index is 1.43. The van der Waals surface area contributed by atoms with E-state index in [9.17, 15) is 17.6 Å². The van der Waals surface area contributed by atoms with Gasteiger partial charge in [0.05, 0.1) is 17.9 Å². The number of esters is 1. The van der Waals surface area contributed by atoms with Crippen LogP contribution >= 0.6 is 11.3 Å². The minimum Gasteiger partial charge on any atom is -0.486 e. The van der Waals surface area contributed by atoms with Crippen LogP contribution in [0, 0.1) is 11.7 Å². The summed E-state index contributed by atoms with van der Waals surface area (Å²) in [6.45, 7) is 0.979. The zero-order chi connectivity index (χ0) is 20.1. The zero-order valence-electron chi connectivity index (χ0n) is 15.3. The fourth-order valence-corrected chi connectivity index (χ4v) is 4.41. The van der Waals surface area contributed by atoms with Gasteiger partial charge in [-0.3, -0.25) is 4.79 Å². The van der Waals surface area contributed by atoms with Gasteiger partial charge in [0.1, 0.15) is 29.8 Å². The average molecular weight is 429 g/mol. The molecule has 1 aliphatic rings. The molecule has 0 unspecified atom stereocenters. The number of hydrogen-bond donors (Lipinski definition) is 0. The largest absolute Gasteiger partial charge is 0.486 e. The van der Waals surface area contributed by atoms with Crippen molar-refractivity contribution in [3.8, 4) is 5.75 Å². The Morgan fingerprint density at radius 3 is 2.57 bits per heavy atom. The number of thiazole rings is 1. The number of carbonyl (C=O) groups is 1. The quantitative estimate of drug-likeness (QED) is 0.630.